The summed E-state index contributed by atoms with van der Waals surface area (Å²) in [5.74, 6) is -0.0979. The first-order valence-electron chi connectivity index (χ1n) is 5.37. The Balaban J connectivity index is 3.01. The maximum absolute atomic E-state index is 12.2. The summed E-state index contributed by atoms with van der Waals surface area (Å²) in [6, 6.07) is 0. The number of aromatic nitrogens is 2. The summed E-state index contributed by atoms with van der Waals surface area (Å²) in [5.41, 5.74) is 6.64. The van der Waals surface area contributed by atoms with Gasteiger partial charge in [0.15, 0.2) is 0 Å². The van der Waals surface area contributed by atoms with Gasteiger partial charge in [-0.1, -0.05) is 6.08 Å². The van der Waals surface area contributed by atoms with Crippen LogP contribution in [0.5, 0.6) is 0 Å². The van der Waals surface area contributed by atoms with E-state index in [2.05, 4.69) is 11.7 Å². The Labute approximate surface area is 95.5 Å². The Morgan fingerprint density at radius 1 is 1.69 bits per heavy atom. The maximum Gasteiger partial charge on any atom is 0.274 e. The molecule has 1 aromatic rings. The van der Waals surface area contributed by atoms with Crippen molar-refractivity contribution in [1.29, 1.82) is 0 Å². The van der Waals surface area contributed by atoms with Crippen molar-refractivity contribution in [2.24, 2.45) is 0 Å². The van der Waals surface area contributed by atoms with Crippen molar-refractivity contribution in [2.75, 3.05) is 18.8 Å². The molecule has 0 saturated heterocycles. The van der Waals surface area contributed by atoms with Crippen LogP contribution in [0.3, 0.4) is 0 Å². The fraction of sp³-hybridized carbons (Fsp3) is 0.455. The number of nitrogens with zero attached hydrogens (tertiary/aromatic N) is 3. The number of rotatable bonds is 5. The van der Waals surface area contributed by atoms with Crippen molar-refractivity contribution in [1.82, 2.24) is 14.7 Å². The lowest BCUT2D eigenvalue weighted by Crippen LogP contribution is -2.33. The Morgan fingerprint density at radius 3 is 2.88 bits per heavy atom. The van der Waals surface area contributed by atoms with Gasteiger partial charge >= 0.3 is 0 Å². The van der Waals surface area contributed by atoms with Gasteiger partial charge in [0.2, 0.25) is 0 Å². The van der Waals surface area contributed by atoms with E-state index in [0.717, 1.165) is 0 Å². The Morgan fingerprint density at radius 2 is 2.38 bits per heavy atom. The molecular weight excluding hydrogens is 204 g/mol. The van der Waals surface area contributed by atoms with Gasteiger partial charge in [-0.15, -0.1) is 6.58 Å². The number of hydrogen-bond acceptors (Lipinski definition) is 3. The molecule has 0 atom stereocenters. The van der Waals surface area contributed by atoms with Crippen molar-refractivity contribution in [3.05, 3.63) is 24.5 Å². The molecule has 5 heteroatoms. The number of anilines is 1. The zero-order chi connectivity index (χ0) is 12.1. The normalized spacial score (nSPS) is 10.1. The quantitative estimate of drug-likeness (QED) is 0.760. The number of nitrogens with two attached hydrogens (primary N) is 1. The first-order valence-corrected chi connectivity index (χ1v) is 5.37. The third-order valence-electron chi connectivity index (χ3n) is 2.39. The van der Waals surface area contributed by atoms with Crippen LogP contribution < -0.4 is 5.73 Å². The molecule has 5 nitrogen and oxygen atoms in total. The van der Waals surface area contributed by atoms with Crippen molar-refractivity contribution in [2.45, 2.75) is 20.4 Å². The Kier molecular flexibility index (Phi) is 4.10. The van der Waals surface area contributed by atoms with Gasteiger partial charge in [-0.25, -0.2) is 0 Å². The molecule has 0 unspecified atom stereocenters. The highest BCUT2D eigenvalue weighted by Gasteiger charge is 2.20. The number of nitrogen functional groups attached to an aromatic ring is 1. The van der Waals surface area contributed by atoms with E-state index in [1.165, 1.54) is 6.20 Å². The lowest BCUT2D eigenvalue weighted by atomic mass is 10.3. The van der Waals surface area contributed by atoms with Gasteiger partial charge in [0.25, 0.3) is 5.91 Å². The molecule has 1 amide bonds. The second-order valence-corrected chi connectivity index (χ2v) is 3.40. The molecule has 88 valence electrons. The highest BCUT2D eigenvalue weighted by atomic mass is 16.2. The minimum Gasteiger partial charge on any atom is -0.396 e. The van der Waals surface area contributed by atoms with Gasteiger partial charge in [-0.05, 0) is 13.8 Å². The van der Waals surface area contributed by atoms with E-state index in [9.17, 15) is 4.79 Å². The van der Waals surface area contributed by atoms with Gasteiger partial charge in [-0.2, -0.15) is 5.10 Å². The van der Waals surface area contributed by atoms with Crippen LogP contribution in [0.1, 0.15) is 24.3 Å². The monoisotopic (exact) mass is 222 g/mol. The third kappa shape index (κ3) is 2.24. The lowest BCUT2D eigenvalue weighted by Gasteiger charge is -2.19. The van der Waals surface area contributed by atoms with E-state index in [-0.39, 0.29) is 5.91 Å². The zero-order valence-corrected chi connectivity index (χ0v) is 9.81. The summed E-state index contributed by atoms with van der Waals surface area (Å²) >= 11 is 0. The highest BCUT2D eigenvalue weighted by Crippen LogP contribution is 2.13. The molecule has 0 bridgehead atoms. The molecule has 0 aliphatic carbocycles. The first-order chi connectivity index (χ1) is 7.65. The van der Waals surface area contributed by atoms with Crippen LogP contribution in [0.4, 0.5) is 5.69 Å². The van der Waals surface area contributed by atoms with Gasteiger partial charge in [0.05, 0.1) is 11.9 Å². The molecule has 1 rings (SSSR count). The number of hydrogen-bond donors (Lipinski definition) is 1. The van der Waals surface area contributed by atoms with Gasteiger partial charge < -0.3 is 10.6 Å². The molecule has 0 aliphatic rings. The predicted molar refractivity (Wildman–Crippen MR) is 64.1 cm³/mol. The van der Waals surface area contributed by atoms with Crippen LogP contribution in [0, 0.1) is 0 Å². The van der Waals surface area contributed by atoms with Gasteiger partial charge in [-0.3, -0.25) is 9.48 Å². The van der Waals surface area contributed by atoms with Crippen molar-refractivity contribution in [3.8, 4) is 0 Å². The lowest BCUT2D eigenvalue weighted by molar-refractivity contribution is 0.0771. The van der Waals surface area contributed by atoms with Crippen molar-refractivity contribution < 1.29 is 4.79 Å². The minimum absolute atomic E-state index is 0.0979. The molecule has 0 spiro atoms. The molecule has 0 saturated carbocycles. The second kappa shape index (κ2) is 5.34. The Bertz CT molecular complexity index is 383. The molecule has 2 N–H and O–H groups in total. The molecule has 0 fully saturated rings. The fourth-order valence-corrected chi connectivity index (χ4v) is 1.53. The number of carbonyl (C=O) groups excluding carboxylic acids is 1. The molecule has 16 heavy (non-hydrogen) atoms. The fourth-order valence-electron chi connectivity index (χ4n) is 1.53. The number of carbonyl (C=O) groups is 1. The predicted octanol–water partition coefficient (Wildman–Crippen LogP) is 1.13. The summed E-state index contributed by atoms with van der Waals surface area (Å²) in [6.07, 6.45) is 3.21. The highest BCUT2D eigenvalue weighted by molar-refractivity contribution is 5.97. The van der Waals surface area contributed by atoms with E-state index in [4.69, 9.17) is 5.73 Å². The Hall–Kier alpha value is -1.78. The van der Waals surface area contributed by atoms with Gasteiger partial charge in [0, 0.05) is 19.6 Å². The zero-order valence-electron chi connectivity index (χ0n) is 9.81. The summed E-state index contributed by atoms with van der Waals surface area (Å²) in [7, 11) is 0. The molecule has 1 aromatic heterocycles. The van der Waals surface area contributed by atoms with E-state index < -0.39 is 0 Å². The smallest absolute Gasteiger partial charge is 0.274 e. The van der Waals surface area contributed by atoms with Crippen molar-refractivity contribution in [3.63, 3.8) is 0 Å². The molecule has 0 aliphatic heterocycles. The SMILES string of the molecule is C=CCN(CC)C(=O)c1c(N)cnn1CC. The first kappa shape index (κ1) is 12.3. The standard InChI is InChI=1S/C11H18N4O/c1-4-7-14(5-2)11(16)10-9(12)8-13-15(10)6-3/h4,8H,1,5-7,12H2,2-3H3. The summed E-state index contributed by atoms with van der Waals surface area (Å²) in [4.78, 5) is 13.8. The average molecular weight is 222 g/mol. The largest absolute Gasteiger partial charge is 0.396 e. The maximum atomic E-state index is 12.2. The van der Waals surface area contributed by atoms with Crippen LogP contribution in [-0.2, 0) is 6.54 Å². The van der Waals surface area contributed by atoms with E-state index in [1.807, 2.05) is 13.8 Å². The minimum atomic E-state index is -0.0979. The summed E-state index contributed by atoms with van der Waals surface area (Å²) < 4.78 is 1.61. The summed E-state index contributed by atoms with van der Waals surface area (Å²) in [5, 5.41) is 4.05. The van der Waals surface area contributed by atoms with Crippen LogP contribution in [0.2, 0.25) is 0 Å². The molecule has 0 radical (unpaired) electrons. The van der Waals surface area contributed by atoms with Crippen LogP contribution in [0.25, 0.3) is 0 Å². The van der Waals surface area contributed by atoms with E-state index in [0.29, 0.717) is 31.0 Å². The van der Waals surface area contributed by atoms with Crippen LogP contribution in [-0.4, -0.2) is 33.7 Å². The molecular formula is C11H18N4O. The molecule has 1 heterocycles. The third-order valence-corrected chi connectivity index (χ3v) is 2.39. The topological polar surface area (TPSA) is 64.2 Å². The van der Waals surface area contributed by atoms with E-state index >= 15 is 0 Å². The van der Waals surface area contributed by atoms with E-state index in [1.54, 1.807) is 15.7 Å². The number of aryl methyl sites for hydroxylation is 1. The molecule has 0 aromatic carbocycles. The van der Waals surface area contributed by atoms with Crippen molar-refractivity contribution >= 4 is 11.6 Å². The van der Waals surface area contributed by atoms with Crippen LogP contribution in [0.15, 0.2) is 18.9 Å². The number of likely N-dealkylation sites (N-methyl/N-ethyl adjacent to an activating group) is 1. The summed E-state index contributed by atoms with van der Waals surface area (Å²) in [6.45, 7) is 9.24. The average Bonchev–Trinajstić information content (AvgIpc) is 2.66. The van der Waals surface area contributed by atoms with Gasteiger partial charge in [0.1, 0.15) is 5.69 Å². The van der Waals surface area contributed by atoms with Crippen LogP contribution >= 0.6 is 0 Å². The number of amides is 1. The second-order valence-electron chi connectivity index (χ2n) is 3.40.